The summed E-state index contributed by atoms with van der Waals surface area (Å²) in [6, 6.07) is 14.5. The third kappa shape index (κ3) is 6.49. The quantitative estimate of drug-likeness (QED) is 0.320. The molecule has 3 aromatic rings. The molecule has 5 rings (SSSR count). The fourth-order valence-corrected chi connectivity index (χ4v) is 6.67. The molecule has 0 saturated carbocycles. The van der Waals surface area contributed by atoms with Gasteiger partial charge in [0.2, 0.25) is 5.95 Å². The van der Waals surface area contributed by atoms with Crippen LogP contribution in [0.3, 0.4) is 0 Å². The van der Waals surface area contributed by atoms with Crippen molar-refractivity contribution in [1.82, 2.24) is 20.2 Å². The molecule has 3 N–H and O–H groups in total. The van der Waals surface area contributed by atoms with Gasteiger partial charge in [0.25, 0.3) is 0 Å². The number of hydrogen-bond acceptors (Lipinski definition) is 9. The van der Waals surface area contributed by atoms with Gasteiger partial charge in [-0.2, -0.15) is 4.98 Å². The largest absolute Gasteiger partial charge is 0.494 e. The van der Waals surface area contributed by atoms with E-state index in [1.165, 1.54) is 12.8 Å². The highest BCUT2D eigenvalue weighted by molar-refractivity contribution is 7.70. The molecule has 0 spiro atoms. The summed E-state index contributed by atoms with van der Waals surface area (Å²) in [5.41, 5.74) is 3.44. The lowest BCUT2D eigenvalue weighted by Crippen LogP contribution is -2.52. The van der Waals surface area contributed by atoms with Gasteiger partial charge < -0.3 is 30.2 Å². The van der Waals surface area contributed by atoms with Crippen LogP contribution in [0.4, 0.5) is 28.8 Å². The first-order chi connectivity index (χ1) is 19.4. The van der Waals surface area contributed by atoms with Crippen LogP contribution < -0.4 is 30.9 Å². The maximum Gasteiger partial charge on any atom is 0.229 e. The lowest BCUT2D eigenvalue weighted by molar-refractivity contribution is 0.150. The minimum absolute atomic E-state index is 0.421. The van der Waals surface area contributed by atoms with E-state index in [4.69, 9.17) is 9.72 Å². The van der Waals surface area contributed by atoms with E-state index in [-0.39, 0.29) is 0 Å². The monoisotopic (exact) mass is 561 g/mol. The predicted molar refractivity (Wildman–Crippen MR) is 167 cm³/mol. The van der Waals surface area contributed by atoms with Crippen molar-refractivity contribution in [1.29, 1.82) is 0 Å². The van der Waals surface area contributed by atoms with Crippen molar-refractivity contribution in [2.75, 3.05) is 75.2 Å². The summed E-state index contributed by atoms with van der Waals surface area (Å²) in [6.45, 7) is 14.0. The van der Waals surface area contributed by atoms with Crippen LogP contribution in [0.15, 0.2) is 55.2 Å². The van der Waals surface area contributed by atoms with Crippen LogP contribution in [0, 0.1) is 0 Å². The number of piperidine rings is 1. The molecule has 212 valence electrons. The van der Waals surface area contributed by atoms with Gasteiger partial charge in [-0.3, -0.25) is 4.90 Å². The molecule has 40 heavy (non-hydrogen) atoms. The second-order valence-corrected chi connectivity index (χ2v) is 13.9. The number of methoxy groups -OCH3 is 1. The van der Waals surface area contributed by atoms with Gasteiger partial charge in [-0.25, -0.2) is 4.98 Å². The van der Waals surface area contributed by atoms with Crippen LogP contribution in [0.1, 0.15) is 18.4 Å². The number of rotatable bonds is 9. The standard InChI is InChI=1S/C30H40N7O2P/c1-5-22-21-32-30(35-29(22)33-26-8-6-7-9-28(26)40(3,4)38)34-25-11-10-24(20-27(25)39-2)36-16-12-23(13-17-36)37-18-14-31-15-19-37/h5-11,20-21,23,31H,1,12-19H2,2-4H3,(H2,32,33,34,35). The third-order valence-electron chi connectivity index (χ3n) is 7.70. The van der Waals surface area contributed by atoms with Crippen molar-refractivity contribution in [3.05, 3.63) is 60.8 Å². The van der Waals surface area contributed by atoms with Gasteiger partial charge in [-0.15, -0.1) is 0 Å². The zero-order chi connectivity index (χ0) is 28.1. The summed E-state index contributed by atoms with van der Waals surface area (Å²) >= 11 is 0. The molecule has 2 aromatic carbocycles. The van der Waals surface area contributed by atoms with Crippen molar-refractivity contribution < 1.29 is 9.30 Å². The zero-order valence-electron chi connectivity index (χ0n) is 23.7. The van der Waals surface area contributed by atoms with Crippen molar-refractivity contribution in [2.24, 2.45) is 0 Å². The van der Waals surface area contributed by atoms with Gasteiger partial charge in [0.1, 0.15) is 18.7 Å². The molecule has 10 heteroatoms. The van der Waals surface area contributed by atoms with Gasteiger partial charge >= 0.3 is 0 Å². The molecule has 2 aliphatic heterocycles. The van der Waals surface area contributed by atoms with Crippen LogP contribution in [0.5, 0.6) is 5.75 Å². The molecule has 0 radical (unpaired) electrons. The Labute approximate surface area is 237 Å². The molecule has 9 nitrogen and oxygen atoms in total. The van der Waals surface area contributed by atoms with Gasteiger partial charge in [-0.05, 0) is 50.4 Å². The molecule has 3 heterocycles. The number of anilines is 5. The number of hydrogen-bond donors (Lipinski definition) is 3. The molecule has 0 bridgehead atoms. The third-order valence-corrected chi connectivity index (χ3v) is 9.25. The van der Waals surface area contributed by atoms with E-state index in [0.717, 1.165) is 72.9 Å². The second-order valence-electron chi connectivity index (χ2n) is 10.7. The summed E-state index contributed by atoms with van der Waals surface area (Å²) < 4.78 is 18.6. The molecule has 0 aliphatic carbocycles. The highest BCUT2D eigenvalue weighted by Gasteiger charge is 2.26. The Morgan fingerprint density at radius 1 is 1.05 bits per heavy atom. The second kappa shape index (κ2) is 12.4. The number of ether oxygens (including phenoxy) is 1. The summed E-state index contributed by atoms with van der Waals surface area (Å²) in [7, 11) is -0.813. The molecule has 2 fully saturated rings. The Morgan fingerprint density at radius 3 is 2.50 bits per heavy atom. The molecular formula is C30H40N7O2P. The van der Waals surface area contributed by atoms with Gasteiger partial charge in [0.05, 0.1) is 18.5 Å². The first-order valence-corrected chi connectivity index (χ1v) is 16.5. The van der Waals surface area contributed by atoms with Crippen LogP contribution in [0.25, 0.3) is 6.08 Å². The minimum atomic E-state index is -2.49. The van der Waals surface area contributed by atoms with E-state index >= 15 is 0 Å². The molecule has 0 amide bonds. The number of piperazine rings is 1. The van der Waals surface area contributed by atoms with Crippen molar-refractivity contribution >= 4 is 47.4 Å². The molecular weight excluding hydrogens is 521 g/mol. The normalized spacial score (nSPS) is 16.9. The topological polar surface area (TPSA) is 94.7 Å². The number of para-hydroxylation sites is 1. The Balaban J connectivity index is 1.31. The maximum atomic E-state index is 12.9. The van der Waals surface area contributed by atoms with E-state index < -0.39 is 7.14 Å². The zero-order valence-corrected chi connectivity index (χ0v) is 24.6. The Morgan fingerprint density at radius 2 is 1.80 bits per heavy atom. The Hall–Kier alpha value is -3.39. The highest BCUT2D eigenvalue weighted by atomic mass is 31.2. The SMILES string of the molecule is C=Cc1cnc(Nc2ccc(N3CCC(N4CCNCC4)CC3)cc2OC)nc1Nc1ccccc1P(C)(C)=O. The minimum Gasteiger partial charge on any atom is -0.494 e. The molecule has 0 atom stereocenters. The Bertz CT molecular complexity index is 1380. The average Bonchev–Trinajstić information content (AvgIpc) is 2.98. The van der Waals surface area contributed by atoms with Crippen LogP contribution in [-0.4, -0.2) is 80.6 Å². The maximum absolute atomic E-state index is 12.9. The summed E-state index contributed by atoms with van der Waals surface area (Å²) in [6.07, 6.45) is 5.77. The summed E-state index contributed by atoms with van der Waals surface area (Å²) in [5, 5.41) is 10.9. The van der Waals surface area contributed by atoms with Gasteiger partial charge in [-0.1, -0.05) is 24.8 Å². The smallest absolute Gasteiger partial charge is 0.229 e. The van der Waals surface area contributed by atoms with E-state index in [2.05, 4.69) is 49.4 Å². The lowest BCUT2D eigenvalue weighted by atomic mass is 10.0. The predicted octanol–water partition coefficient (Wildman–Crippen LogP) is 4.74. The number of benzene rings is 2. The number of nitrogens with one attached hydrogen (secondary N) is 3. The van der Waals surface area contributed by atoms with E-state index in [1.807, 2.05) is 30.3 Å². The molecule has 2 aliphatic rings. The van der Waals surface area contributed by atoms with Gasteiger partial charge in [0.15, 0.2) is 0 Å². The van der Waals surface area contributed by atoms with Crippen LogP contribution >= 0.6 is 7.14 Å². The first kappa shape index (κ1) is 28.1. The van der Waals surface area contributed by atoms with Crippen molar-refractivity contribution in [2.45, 2.75) is 18.9 Å². The fourth-order valence-electron chi connectivity index (χ4n) is 5.51. The van der Waals surface area contributed by atoms with E-state index in [1.54, 1.807) is 32.7 Å². The number of aromatic nitrogens is 2. The summed E-state index contributed by atoms with van der Waals surface area (Å²) in [5.74, 6) is 1.73. The molecule has 1 aromatic heterocycles. The fraction of sp³-hybridized carbons (Fsp3) is 0.400. The number of nitrogens with zero attached hydrogens (tertiary/aromatic N) is 4. The summed E-state index contributed by atoms with van der Waals surface area (Å²) in [4.78, 5) is 14.3. The van der Waals surface area contributed by atoms with Crippen molar-refractivity contribution in [3.8, 4) is 5.75 Å². The van der Waals surface area contributed by atoms with Crippen molar-refractivity contribution in [3.63, 3.8) is 0 Å². The molecule has 0 unspecified atom stereocenters. The highest BCUT2D eigenvalue weighted by Crippen LogP contribution is 2.39. The average molecular weight is 562 g/mol. The van der Waals surface area contributed by atoms with Gasteiger partial charge in [0, 0.05) is 74.1 Å². The van der Waals surface area contributed by atoms with E-state index in [9.17, 15) is 4.57 Å². The van der Waals surface area contributed by atoms with Crippen LogP contribution in [0.2, 0.25) is 0 Å². The first-order valence-electron chi connectivity index (χ1n) is 13.9. The van der Waals surface area contributed by atoms with Crippen LogP contribution in [-0.2, 0) is 4.57 Å². The Kier molecular flexibility index (Phi) is 8.74. The lowest BCUT2D eigenvalue weighted by Gasteiger charge is -2.41. The molecule has 2 saturated heterocycles. The van der Waals surface area contributed by atoms with E-state index in [0.29, 0.717) is 17.8 Å².